The van der Waals surface area contributed by atoms with Crippen LogP contribution in [0.15, 0.2) is 58.4 Å². The van der Waals surface area contributed by atoms with Gasteiger partial charge in [0.25, 0.3) is 5.91 Å². The summed E-state index contributed by atoms with van der Waals surface area (Å²) in [6, 6.07) is 15.8. The molecule has 1 fully saturated rings. The third-order valence-electron chi connectivity index (χ3n) is 4.26. The highest BCUT2D eigenvalue weighted by molar-refractivity contribution is 8.18. The Morgan fingerprint density at radius 1 is 1.07 bits per heavy atom. The molecule has 0 N–H and O–H groups in total. The van der Waals surface area contributed by atoms with Gasteiger partial charge in [0.1, 0.15) is 5.75 Å². The number of rotatable bonds is 7. The second-order valence-corrected chi connectivity index (χ2v) is 7.69. The van der Waals surface area contributed by atoms with Crippen molar-refractivity contribution >= 4 is 34.6 Å². The number of aryl methyl sites for hydroxylation is 1. The van der Waals surface area contributed by atoms with Gasteiger partial charge in [-0.1, -0.05) is 49.7 Å². The lowest BCUT2D eigenvalue weighted by molar-refractivity contribution is -0.122. The van der Waals surface area contributed by atoms with Crippen LogP contribution in [0.2, 0.25) is 0 Å². The van der Waals surface area contributed by atoms with E-state index in [1.54, 1.807) is 4.90 Å². The fourth-order valence-electron chi connectivity index (χ4n) is 2.83. The summed E-state index contributed by atoms with van der Waals surface area (Å²) in [5.41, 5.74) is 2.96. The van der Waals surface area contributed by atoms with Crippen LogP contribution < -0.4 is 4.74 Å². The number of hydrogen-bond donors (Lipinski definition) is 0. The predicted octanol–water partition coefficient (Wildman–Crippen LogP) is 5.80. The first-order valence-electron chi connectivity index (χ1n) is 9.71. The molecule has 28 heavy (non-hydrogen) atoms. The van der Waals surface area contributed by atoms with Crippen LogP contribution >= 0.6 is 11.8 Å². The molecule has 1 heterocycles. The lowest BCUT2D eigenvalue weighted by atomic mass is 10.2. The monoisotopic (exact) mass is 394 g/mol. The Bertz CT molecular complexity index is 888. The molecule has 146 valence electrons. The van der Waals surface area contributed by atoms with Crippen LogP contribution in [-0.4, -0.2) is 29.1 Å². The molecule has 0 spiro atoms. The molecule has 1 aliphatic rings. The molecule has 4 nitrogen and oxygen atoms in total. The number of amides is 1. The SMILES string of the molecule is CCCOc1ccccc1/C=C1/SC(=Nc2ccc(C)cc2)N(CCC)C1=O. The van der Waals surface area contributed by atoms with Gasteiger partial charge in [-0.2, -0.15) is 0 Å². The molecule has 0 aliphatic carbocycles. The molecule has 5 heteroatoms. The van der Waals surface area contributed by atoms with E-state index in [1.165, 1.54) is 17.3 Å². The van der Waals surface area contributed by atoms with E-state index in [1.807, 2.05) is 61.5 Å². The van der Waals surface area contributed by atoms with E-state index in [2.05, 4.69) is 13.8 Å². The Kier molecular flexibility index (Phi) is 6.93. The van der Waals surface area contributed by atoms with E-state index in [4.69, 9.17) is 9.73 Å². The van der Waals surface area contributed by atoms with E-state index in [0.29, 0.717) is 18.1 Å². The van der Waals surface area contributed by atoms with Crippen molar-refractivity contribution in [1.29, 1.82) is 0 Å². The van der Waals surface area contributed by atoms with Gasteiger partial charge in [0, 0.05) is 12.1 Å². The summed E-state index contributed by atoms with van der Waals surface area (Å²) in [6.45, 7) is 7.50. The molecule has 1 saturated heterocycles. The molecule has 2 aromatic rings. The molecule has 1 amide bonds. The lowest BCUT2D eigenvalue weighted by Crippen LogP contribution is -2.29. The molecule has 0 radical (unpaired) electrons. The summed E-state index contributed by atoms with van der Waals surface area (Å²) in [4.78, 5) is 20.2. The first-order chi connectivity index (χ1) is 13.6. The van der Waals surface area contributed by atoms with E-state index >= 15 is 0 Å². The zero-order valence-corrected chi connectivity index (χ0v) is 17.5. The van der Waals surface area contributed by atoms with Crippen LogP contribution in [0.3, 0.4) is 0 Å². The van der Waals surface area contributed by atoms with Crippen molar-refractivity contribution in [3.05, 3.63) is 64.6 Å². The molecule has 0 atom stereocenters. The van der Waals surface area contributed by atoms with Crippen LogP contribution in [-0.2, 0) is 4.79 Å². The van der Waals surface area contributed by atoms with Crippen molar-refractivity contribution in [2.24, 2.45) is 4.99 Å². The molecular formula is C23H26N2O2S. The number of thioether (sulfide) groups is 1. The van der Waals surface area contributed by atoms with E-state index in [0.717, 1.165) is 35.0 Å². The Balaban J connectivity index is 1.92. The van der Waals surface area contributed by atoms with Gasteiger partial charge in [0.2, 0.25) is 0 Å². The molecule has 0 aromatic heterocycles. The number of para-hydroxylation sites is 1. The molecule has 0 saturated carbocycles. The average molecular weight is 395 g/mol. The number of carbonyl (C=O) groups excluding carboxylic acids is 1. The summed E-state index contributed by atoms with van der Waals surface area (Å²) in [7, 11) is 0. The quantitative estimate of drug-likeness (QED) is 0.558. The van der Waals surface area contributed by atoms with Gasteiger partial charge in [-0.05, 0) is 55.8 Å². The number of amidine groups is 1. The van der Waals surface area contributed by atoms with Gasteiger partial charge in [-0.3, -0.25) is 9.69 Å². The van der Waals surface area contributed by atoms with E-state index in [9.17, 15) is 4.79 Å². The molecule has 3 rings (SSSR count). The Morgan fingerprint density at radius 3 is 2.54 bits per heavy atom. The summed E-state index contributed by atoms with van der Waals surface area (Å²) >= 11 is 1.43. The average Bonchev–Trinajstić information content (AvgIpc) is 2.98. The topological polar surface area (TPSA) is 41.9 Å². The first-order valence-corrected chi connectivity index (χ1v) is 10.5. The molecule has 1 aliphatic heterocycles. The van der Waals surface area contributed by atoms with Gasteiger partial charge < -0.3 is 4.74 Å². The number of nitrogens with zero attached hydrogens (tertiary/aromatic N) is 2. The number of carbonyl (C=O) groups is 1. The summed E-state index contributed by atoms with van der Waals surface area (Å²) in [5.74, 6) is 0.805. The fraction of sp³-hybridized carbons (Fsp3) is 0.304. The smallest absolute Gasteiger partial charge is 0.266 e. The number of benzene rings is 2. The van der Waals surface area contributed by atoms with Crippen molar-refractivity contribution < 1.29 is 9.53 Å². The molecule has 0 bridgehead atoms. The maximum Gasteiger partial charge on any atom is 0.266 e. The van der Waals surface area contributed by atoms with Crippen molar-refractivity contribution in [1.82, 2.24) is 4.90 Å². The van der Waals surface area contributed by atoms with Crippen LogP contribution in [0.4, 0.5) is 5.69 Å². The lowest BCUT2D eigenvalue weighted by Gasteiger charge is -2.14. The van der Waals surface area contributed by atoms with E-state index in [-0.39, 0.29) is 5.91 Å². The van der Waals surface area contributed by atoms with Crippen molar-refractivity contribution in [3.8, 4) is 5.75 Å². The third kappa shape index (κ3) is 4.84. The van der Waals surface area contributed by atoms with Gasteiger partial charge in [-0.15, -0.1) is 0 Å². The molecular weight excluding hydrogens is 368 g/mol. The van der Waals surface area contributed by atoms with E-state index < -0.39 is 0 Å². The highest BCUT2D eigenvalue weighted by Crippen LogP contribution is 2.35. The summed E-state index contributed by atoms with van der Waals surface area (Å²) in [5, 5.41) is 0.730. The normalized spacial score (nSPS) is 17.0. The minimum atomic E-state index is 0.00278. The minimum Gasteiger partial charge on any atom is -0.493 e. The third-order valence-corrected chi connectivity index (χ3v) is 5.27. The second kappa shape index (κ2) is 9.60. The molecule has 2 aromatic carbocycles. The number of aliphatic imine (C=N–C) groups is 1. The minimum absolute atomic E-state index is 0.00278. The van der Waals surface area contributed by atoms with Crippen molar-refractivity contribution in [2.45, 2.75) is 33.6 Å². The van der Waals surface area contributed by atoms with Crippen molar-refractivity contribution in [2.75, 3.05) is 13.2 Å². The number of hydrogen-bond acceptors (Lipinski definition) is 4. The van der Waals surface area contributed by atoms with Gasteiger partial charge in [-0.25, -0.2) is 4.99 Å². The first kappa shape index (κ1) is 20.2. The van der Waals surface area contributed by atoms with Crippen LogP contribution in [0.5, 0.6) is 5.75 Å². The van der Waals surface area contributed by atoms with Crippen LogP contribution in [0.25, 0.3) is 6.08 Å². The standard InChI is InChI=1S/C23H26N2O2S/c1-4-14-25-22(26)21(16-18-8-6-7-9-20(18)27-15-5-2)28-23(25)24-19-12-10-17(3)11-13-19/h6-13,16H,4-5,14-15H2,1-3H3/b21-16+,24-23?. The largest absolute Gasteiger partial charge is 0.493 e. The Morgan fingerprint density at radius 2 is 1.82 bits per heavy atom. The maximum absolute atomic E-state index is 13.0. The molecule has 0 unspecified atom stereocenters. The summed E-state index contributed by atoms with van der Waals surface area (Å²) in [6.07, 6.45) is 3.73. The van der Waals surface area contributed by atoms with Crippen LogP contribution in [0.1, 0.15) is 37.8 Å². The second-order valence-electron chi connectivity index (χ2n) is 6.68. The Labute approximate surface area is 171 Å². The highest BCUT2D eigenvalue weighted by atomic mass is 32.2. The number of ether oxygens (including phenoxy) is 1. The maximum atomic E-state index is 13.0. The zero-order chi connectivity index (χ0) is 19.9. The van der Waals surface area contributed by atoms with Gasteiger partial charge in [0.15, 0.2) is 5.17 Å². The summed E-state index contributed by atoms with van der Waals surface area (Å²) < 4.78 is 5.83. The van der Waals surface area contributed by atoms with Crippen LogP contribution in [0, 0.1) is 6.92 Å². The Hall–Kier alpha value is -2.53. The van der Waals surface area contributed by atoms with Gasteiger partial charge in [0.05, 0.1) is 17.2 Å². The predicted molar refractivity (Wildman–Crippen MR) is 118 cm³/mol. The van der Waals surface area contributed by atoms with Crippen molar-refractivity contribution in [3.63, 3.8) is 0 Å². The zero-order valence-electron chi connectivity index (χ0n) is 16.6. The fourth-order valence-corrected chi connectivity index (χ4v) is 3.84. The highest BCUT2D eigenvalue weighted by Gasteiger charge is 2.32. The van der Waals surface area contributed by atoms with Gasteiger partial charge >= 0.3 is 0 Å².